The second-order valence-corrected chi connectivity index (χ2v) is 10.4. The fourth-order valence-corrected chi connectivity index (χ4v) is 6.64. The van der Waals surface area contributed by atoms with Crippen LogP contribution in [0.4, 0.5) is 5.69 Å². The van der Waals surface area contributed by atoms with Crippen molar-refractivity contribution in [3.8, 4) is 0 Å². The van der Waals surface area contributed by atoms with Gasteiger partial charge >= 0.3 is 0 Å². The van der Waals surface area contributed by atoms with Gasteiger partial charge in [0.15, 0.2) is 0 Å². The van der Waals surface area contributed by atoms with E-state index in [1.165, 1.54) is 38.8 Å². The largest absolute Gasteiger partial charge is 0.344 e. The van der Waals surface area contributed by atoms with Crippen LogP contribution in [0.15, 0.2) is 48.5 Å². The number of fused-ring (bicyclic) bond motifs is 6. The van der Waals surface area contributed by atoms with E-state index in [1.807, 2.05) is 42.3 Å². The molecule has 35 heavy (non-hydrogen) atoms. The third-order valence-corrected chi connectivity index (χ3v) is 8.35. The molecule has 2 saturated heterocycles. The summed E-state index contributed by atoms with van der Waals surface area (Å²) in [5.74, 6) is 0.0590. The van der Waals surface area contributed by atoms with Gasteiger partial charge in [0.2, 0.25) is 5.91 Å². The maximum Gasteiger partial charge on any atom is 0.260 e. The Bertz CT molecular complexity index is 1180. The molecule has 4 heterocycles. The third-order valence-electron chi connectivity index (χ3n) is 8.35. The predicted molar refractivity (Wildman–Crippen MR) is 133 cm³/mol. The molecule has 7 heteroatoms. The zero-order valence-electron chi connectivity index (χ0n) is 20.2. The standard InChI is InChI=1S/C28H32N4O3/c1-29(17-19-9-8-16-30-15-7-6-13-23(19)30)25(33)18-31-26-20-10-2-3-11-21(20)28(35)32(26)24-14-5-4-12-22(24)27(31)34/h2-5,10-12,14,19,23,26H,6-9,13,15-18H2,1H3/t19-,23+,26+/m0/s1. The number of likely N-dealkylation sites (N-methyl/N-ethyl adjacent to an activating group) is 1. The summed E-state index contributed by atoms with van der Waals surface area (Å²) in [5, 5.41) is 0. The Morgan fingerprint density at radius 2 is 1.66 bits per heavy atom. The first-order chi connectivity index (χ1) is 17.0. The Hall–Kier alpha value is -3.19. The van der Waals surface area contributed by atoms with Crippen molar-refractivity contribution in [2.24, 2.45) is 5.92 Å². The summed E-state index contributed by atoms with van der Waals surface area (Å²) >= 11 is 0. The summed E-state index contributed by atoms with van der Waals surface area (Å²) in [6.07, 6.45) is 5.48. The smallest absolute Gasteiger partial charge is 0.260 e. The van der Waals surface area contributed by atoms with Crippen LogP contribution in [0, 0.1) is 5.92 Å². The Kier molecular flexibility index (Phi) is 5.60. The SMILES string of the molecule is CN(C[C@@H]1CCCN2CCCC[C@H]12)C(=O)CN1C(=O)c2ccccc2N2C(=O)c3ccccc3[C@H]12. The van der Waals surface area contributed by atoms with E-state index in [2.05, 4.69) is 4.90 Å². The number of para-hydroxylation sites is 1. The number of anilines is 1. The molecule has 2 aromatic rings. The monoisotopic (exact) mass is 472 g/mol. The van der Waals surface area contributed by atoms with Gasteiger partial charge in [-0.1, -0.05) is 36.8 Å². The van der Waals surface area contributed by atoms with Crippen LogP contribution >= 0.6 is 0 Å². The average molecular weight is 473 g/mol. The Balaban J connectivity index is 1.26. The number of rotatable bonds is 4. The van der Waals surface area contributed by atoms with E-state index in [1.54, 1.807) is 28.0 Å². The first-order valence-electron chi connectivity index (χ1n) is 12.8. The topological polar surface area (TPSA) is 64.2 Å². The summed E-state index contributed by atoms with van der Waals surface area (Å²) < 4.78 is 0. The van der Waals surface area contributed by atoms with Crippen LogP contribution in [0.2, 0.25) is 0 Å². The van der Waals surface area contributed by atoms with E-state index in [4.69, 9.17) is 0 Å². The number of amides is 3. The number of carbonyl (C=O) groups is 3. The van der Waals surface area contributed by atoms with Gasteiger partial charge in [0.05, 0.1) is 11.3 Å². The van der Waals surface area contributed by atoms with E-state index < -0.39 is 6.17 Å². The first kappa shape index (κ1) is 22.3. The fraction of sp³-hybridized carbons (Fsp3) is 0.464. The molecule has 0 aromatic heterocycles. The number of hydrogen-bond donors (Lipinski definition) is 0. The number of nitrogens with zero attached hydrogens (tertiary/aromatic N) is 4. The molecule has 0 aliphatic carbocycles. The minimum Gasteiger partial charge on any atom is -0.344 e. The molecule has 2 fully saturated rings. The van der Waals surface area contributed by atoms with Crippen molar-refractivity contribution in [3.63, 3.8) is 0 Å². The Morgan fingerprint density at radius 3 is 2.51 bits per heavy atom. The van der Waals surface area contributed by atoms with E-state index in [0.29, 0.717) is 35.3 Å². The highest BCUT2D eigenvalue weighted by molar-refractivity contribution is 6.17. The van der Waals surface area contributed by atoms with Crippen LogP contribution in [0.25, 0.3) is 0 Å². The van der Waals surface area contributed by atoms with Crippen molar-refractivity contribution in [1.29, 1.82) is 0 Å². The van der Waals surface area contributed by atoms with E-state index in [-0.39, 0.29) is 24.3 Å². The maximum absolute atomic E-state index is 13.6. The highest BCUT2D eigenvalue weighted by Gasteiger charge is 2.48. The van der Waals surface area contributed by atoms with Gasteiger partial charge in [0, 0.05) is 30.8 Å². The Morgan fingerprint density at radius 1 is 0.914 bits per heavy atom. The zero-order chi connectivity index (χ0) is 24.1. The summed E-state index contributed by atoms with van der Waals surface area (Å²) in [5.41, 5.74) is 2.44. The molecule has 3 atom stereocenters. The highest BCUT2D eigenvalue weighted by Crippen LogP contribution is 2.45. The van der Waals surface area contributed by atoms with Crippen molar-refractivity contribution >= 4 is 23.4 Å². The normalized spacial score (nSPS) is 25.6. The van der Waals surface area contributed by atoms with Gasteiger partial charge in [0.25, 0.3) is 11.8 Å². The van der Waals surface area contributed by atoms with Gasteiger partial charge < -0.3 is 14.7 Å². The molecular formula is C28H32N4O3. The molecule has 0 N–H and O–H groups in total. The van der Waals surface area contributed by atoms with Gasteiger partial charge in [0.1, 0.15) is 12.7 Å². The van der Waals surface area contributed by atoms with Crippen LogP contribution in [-0.4, -0.2) is 71.7 Å². The summed E-state index contributed by atoms with van der Waals surface area (Å²) in [6.45, 7) is 3.01. The van der Waals surface area contributed by atoms with Crippen molar-refractivity contribution in [3.05, 3.63) is 65.2 Å². The molecule has 0 spiro atoms. The lowest BCUT2D eigenvalue weighted by atomic mass is 9.83. The minimum absolute atomic E-state index is 0.0481. The van der Waals surface area contributed by atoms with Crippen LogP contribution < -0.4 is 4.90 Å². The van der Waals surface area contributed by atoms with Crippen molar-refractivity contribution in [1.82, 2.24) is 14.7 Å². The van der Waals surface area contributed by atoms with Crippen LogP contribution in [0.5, 0.6) is 0 Å². The van der Waals surface area contributed by atoms with Crippen molar-refractivity contribution in [2.45, 2.75) is 44.3 Å². The first-order valence-corrected chi connectivity index (χ1v) is 12.8. The molecule has 4 aliphatic heterocycles. The molecule has 7 nitrogen and oxygen atoms in total. The lowest BCUT2D eigenvalue weighted by Gasteiger charge is -2.45. The zero-order valence-corrected chi connectivity index (χ0v) is 20.2. The molecule has 2 aromatic carbocycles. The average Bonchev–Trinajstić information content (AvgIpc) is 3.19. The molecule has 0 unspecified atom stereocenters. The number of benzene rings is 2. The Labute approximate surface area is 206 Å². The third kappa shape index (κ3) is 3.64. The second-order valence-electron chi connectivity index (χ2n) is 10.4. The molecule has 6 rings (SSSR count). The fourth-order valence-electron chi connectivity index (χ4n) is 6.64. The molecule has 0 saturated carbocycles. The van der Waals surface area contributed by atoms with Crippen LogP contribution in [-0.2, 0) is 4.79 Å². The molecule has 182 valence electrons. The number of hydrogen-bond acceptors (Lipinski definition) is 4. The number of piperidine rings is 2. The van der Waals surface area contributed by atoms with Gasteiger partial charge in [-0.25, -0.2) is 0 Å². The van der Waals surface area contributed by atoms with Gasteiger partial charge in [-0.2, -0.15) is 0 Å². The van der Waals surface area contributed by atoms with Crippen LogP contribution in [0.1, 0.15) is 64.5 Å². The predicted octanol–water partition coefficient (Wildman–Crippen LogP) is 3.52. The number of carbonyl (C=O) groups excluding carboxylic acids is 3. The van der Waals surface area contributed by atoms with Crippen molar-refractivity contribution in [2.75, 3.05) is 38.1 Å². The van der Waals surface area contributed by atoms with E-state index >= 15 is 0 Å². The minimum atomic E-state index is -0.595. The summed E-state index contributed by atoms with van der Waals surface area (Å²) in [6, 6.07) is 15.2. The highest BCUT2D eigenvalue weighted by atomic mass is 16.2. The lowest BCUT2D eigenvalue weighted by Crippen LogP contribution is -2.54. The second kappa shape index (κ2) is 8.79. The summed E-state index contributed by atoms with van der Waals surface area (Å²) in [7, 11) is 1.86. The van der Waals surface area contributed by atoms with Crippen molar-refractivity contribution < 1.29 is 14.4 Å². The van der Waals surface area contributed by atoms with Gasteiger partial charge in [-0.15, -0.1) is 0 Å². The molecular weight excluding hydrogens is 440 g/mol. The molecule has 4 aliphatic rings. The molecule has 0 bridgehead atoms. The van der Waals surface area contributed by atoms with Crippen LogP contribution in [0.3, 0.4) is 0 Å². The summed E-state index contributed by atoms with van der Waals surface area (Å²) in [4.78, 5) is 48.2. The van der Waals surface area contributed by atoms with E-state index in [0.717, 1.165) is 12.0 Å². The quantitative estimate of drug-likeness (QED) is 0.683. The maximum atomic E-state index is 13.6. The van der Waals surface area contributed by atoms with Gasteiger partial charge in [-0.05, 0) is 62.9 Å². The van der Waals surface area contributed by atoms with E-state index in [9.17, 15) is 14.4 Å². The molecule has 3 amide bonds. The van der Waals surface area contributed by atoms with Gasteiger partial charge in [-0.3, -0.25) is 19.3 Å². The lowest BCUT2D eigenvalue weighted by molar-refractivity contribution is -0.132. The molecule has 0 radical (unpaired) electrons.